The van der Waals surface area contributed by atoms with Crippen LogP contribution in [-0.2, 0) is 20.6 Å². The molecular weight excluding hydrogens is 322 g/mol. The van der Waals surface area contributed by atoms with Crippen molar-refractivity contribution in [2.45, 2.75) is 18.1 Å². The Kier molecular flexibility index (Phi) is 5.32. The van der Waals surface area contributed by atoms with Crippen LogP contribution in [0, 0.1) is 0 Å². The molecule has 126 valence electrons. The summed E-state index contributed by atoms with van der Waals surface area (Å²) < 4.78 is 3.39. The van der Waals surface area contributed by atoms with Gasteiger partial charge in [0.2, 0.25) is 0 Å². The highest BCUT2D eigenvalue weighted by molar-refractivity contribution is 7.99. The van der Waals surface area contributed by atoms with E-state index < -0.39 is 0 Å². The number of aromatic nitrogens is 4. The average Bonchev–Trinajstić information content (AvgIpc) is 2.83. The molecule has 0 atom stereocenters. The van der Waals surface area contributed by atoms with Gasteiger partial charge in [-0.3, -0.25) is 9.13 Å². The predicted octanol–water partition coefficient (Wildman–Crippen LogP) is 0.913. The molecule has 0 saturated carbocycles. The number of benzene rings is 1. The minimum atomic E-state index is 0.0197. The van der Waals surface area contributed by atoms with Crippen LogP contribution < -0.4 is 11.0 Å². The first-order valence-electron chi connectivity index (χ1n) is 8.02. The summed E-state index contributed by atoms with van der Waals surface area (Å²) in [7, 11) is 3.63. The van der Waals surface area contributed by atoms with Crippen LogP contribution in [0.1, 0.15) is 12.0 Å². The Bertz CT molecular complexity index is 872. The van der Waals surface area contributed by atoms with E-state index in [4.69, 9.17) is 0 Å². The molecule has 3 aromatic rings. The van der Waals surface area contributed by atoms with Crippen molar-refractivity contribution < 1.29 is 5.32 Å². The molecule has 0 radical (unpaired) electrons. The summed E-state index contributed by atoms with van der Waals surface area (Å²) in [5.74, 6) is 1.02. The number of aryl methyl sites for hydroxylation is 2. The molecule has 6 nitrogen and oxygen atoms in total. The molecule has 0 saturated heterocycles. The van der Waals surface area contributed by atoms with Crippen molar-refractivity contribution in [3.63, 3.8) is 0 Å². The van der Waals surface area contributed by atoms with E-state index >= 15 is 0 Å². The summed E-state index contributed by atoms with van der Waals surface area (Å²) in [6.07, 6.45) is 4.65. The molecule has 0 aliphatic carbocycles. The molecule has 2 heterocycles. The highest BCUT2D eigenvalue weighted by Gasteiger charge is 2.08. The summed E-state index contributed by atoms with van der Waals surface area (Å²) in [6, 6.07) is 8.07. The highest BCUT2D eigenvalue weighted by Crippen LogP contribution is 2.13. The largest absolute Gasteiger partial charge is 0.342 e. The maximum absolute atomic E-state index is 12.0. The highest BCUT2D eigenvalue weighted by atomic mass is 32.2. The molecule has 7 heteroatoms. The number of nitrogens with zero attached hydrogens (tertiary/aromatic N) is 4. The van der Waals surface area contributed by atoms with Gasteiger partial charge in [0.1, 0.15) is 6.54 Å². The van der Waals surface area contributed by atoms with E-state index in [1.165, 1.54) is 5.56 Å². The summed E-state index contributed by atoms with van der Waals surface area (Å²) in [4.78, 5) is 20.4. The number of quaternary nitrogens is 1. The first-order valence-corrected chi connectivity index (χ1v) is 9.01. The fourth-order valence-electron chi connectivity index (χ4n) is 2.70. The van der Waals surface area contributed by atoms with Crippen LogP contribution in [0.2, 0.25) is 0 Å². The molecule has 2 N–H and O–H groups in total. The third kappa shape index (κ3) is 3.68. The summed E-state index contributed by atoms with van der Waals surface area (Å²) in [5.41, 5.74) is 3.23. The summed E-state index contributed by atoms with van der Waals surface area (Å²) in [6.45, 7) is 1.98. The Morgan fingerprint density at radius 1 is 1.12 bits per heavy atom. The molecule has 0 unspecified atom stereocenters. The monoisotopic (exact) mass is 344 g/mol. The number of fused-ring (bicyclic) bond motifs is 1. The number of hydrogen-bond donors (Lipinski definition) is 1. The molecule has 0 fully saturated rings. The average molecular weight is 344 g/mol. The normalized spacial score (nSPS) is 11.2. The van der Waals surface area contributed by atoms with Crippen molar-refractivity contribution in [2.24, 2.45) is 14.1 Å². The quantitative estimate of drug-likeness (QED) is 0.393. The summed E-state index contributed by atoms with van der Waals surface area (Å²) in [5, 5.41) is 3.14. The predicted molar refractivity (Wildman–Crippen MR) is 96.0 cm³/mol. The topological polar surface area (TPSA) is 69.3 Å². The van der Waals surface area contributed by atoms with Gasteiger partial charge < -0.3 is 5.32 Å². The molecule has 0 aliphatic rings. The van der Waals surface area contributed by atoms with Crippen molar-refractivity contribution in [2.75, 3.05) is 12.3 Å². The van der Waals surface area contributed by atoms with Crippen LogP contribution in [0.4, 0.5) is 0 Å². The lowest BCUT2D eigenvalue weighted by molar-refractivity contribution is -0.670. The van der Waals surface area contributed by atoms with E-state index in [-0.39, 0.29) is 5.69 Å². The second-order valence-corrected chi connectivity index (χ2v) is 6.80. The Morgan fingerprint density at radius 2 is 1.88 bits per heavy atom. The Balaban J connectivity index is 1.48. The van der Waals surface area contributed by atoms with Gasteiger partial charge in [0.15, 0.2) is 5.16 Å². The van der Waals surface area contributed by atoms with Crippen molar-refractivity contribution >= 4 is 22.8 Å². The van der Waals surface area contributed by atoms with Crippen LogP contribution in [0.15, 0.2) is 46.6 Å². The molecule has 2 aromatic heterocycles. The van der Waals surface area contributed by atoms with Gasteiger partial charge in [0.05, 0.1) is 17.6 Å². The Hall–Kier alpha value is -2.12. The van der Waals surface area contributed by atoms with Crippen molar-refractivity contribution in [1.82, 2.24) is 19.1 Å². The van der Waals surface area contributed by atoms with E-state index in [0.29, 0.717) is 0 Å². The van der Waals surface area contributed by atoms with Gasteiger partial charge in [-0.2, -0.15) is 0 Å². The lowest BCUT2D eigenvalue weighted by Crippen LogP contribution is -2.82. The molecule has 0 spiro atoms. The van der Waals surface area contributed by atoms with Gasteiger partial charge >= 0.3 is 5.69 Å². The zero-order valence-electron chi connectivity index (χ0n) is 14.0. The minimum absolute atomic E-state index is 0.0197. The molecular formula is C17H22N5OS+. The number of nitrogens with two attached hydrogens (primary N) is 1. The van der Waals surface area contributed by atoms with E-state index in [1.54, 1.807) is 33.3 Å². The zero-order valence-corrected chi connectivity index (χ0v) is 14.8. The van der Waals surface area contributed by atoms with Gasteiger partial charge in [-0.25, -0.2) is 14.8 Å². The first-order chi connectivity index (χ1) is 11.7. The molecule has 0 bridgehead atoms. The number of rotatable bonds is 7. The van der Waals surface area contributed by atoms with E-state index in [0.717, 1.165) is 41.5 Å². The van der Waals surface area contributed by atoms with E-state index in [1.807, 2.05) is 26.2 Å². The summed E-state index contributed by atoms with van der Waals surface area (Å²) >= 11 is 1.69. The molecule has 3 rings (SSSR count). The SMILES string of the molecule is Cn1c(=O)n(C)c2cc(C[NH2+]CCCSc3ncccn3)ccc21. The van der Waals surface area contributed by atoms with Crippen LogP contribution in [0.5, 0.6) is 0 Å². The van der Waals surface area contributed by atoms with Crippen LogP contribution in [0.25, 0.3) is 11.0 Å². The third-order valence-corrected chi connectivity index (χ3v) is 5.00. The van der Waals surface area contributed by atoms with Gasteiger partial charge in [0.25, 0.3) is 0 Å². The molecule has 1 aromatic carbocycles. The first kappa shape index (κ1) is 16.7. The van der Waals surface area contributed by atoms with Crippen LogP contribution >= 0.6 is 11.8 Å². The maximum Gasteiger partial charge on any atom is 0.328 e. The lowest BCUT2D eigenvalue weighted by atomic mass is 10.2. The second-order valence-electron chi connectivity index (χ2n) is 5.74. The van der Waals surface area contributed by atoms with Crippen LogP contribution in [0.3, 0.4) is 0 Å². The minimum Gasteiger partial charge on any atom is -0.342 e. The fourth-order valence-corrected chi connectivity index (χ4v) is 3.46. The maximum atomic E-state index is 12.0. The van der Waals surface area contributed by atoms with Crippen molar-refractivity contribution in [1.29, 1.82) is 0 Å². The van der Waals surface area contributed by atoms with Gasteiger partial charge in [-0.15, -0.1) is 0 Å². The lowest BCUT2D eigenvalue weighted by Gasteiger charge is -2.03. The standard InChI is InChI=1S/C17H21N5OS/c1-21-14-6-5-13(11-15(14)22(2)17(21)23)12-18-7-4-10-24-16-19-8-3-9-20-16/h3,5-6,8-9,11,18H,4,7,10,12H2,1-2H3/p+1. The van der Waals surface area contributed by atoms with E-state index in [9.17, 15) is 4.79 Å². The molecule has 0 aliphatic heterocycles. The number of thioether (sulfide) groups is 1. The number of hydrogen-bond acceptors (Lipinski definition) is 4. The number of imidazole rings is 1. The zero-order chi connectivity index (χ0) is 16.9. The van der Waals surface area contributed by atoms with Gasteiger partial charge in [0, 0.05) is 44.2 Å². The van der Waals surface area contributed by atoms with Gasteiger partial charge in [-0.1, -0.05) is 17.8 Å². The fraction of sp³-hybridized carbons (Fsp3) is 0.353. The van der Waals surface area contributed by atoms with Gasteiger partial charge in [-0.05, 0) is 18.2 Å². The van der Waals surface area contributed by atoms with Crippen LogP contribution in [-0.4, -0.2) is 31.4 Å². The second kappa shape index (κ2) is 7.63. The van der Waals surface area contributed by atoms with Crippen molar-refractivity contribution in [3.05, 3.63) is 52.7 Å². The Labute approximate surface area is 144 Å². The Morgan fingerprint density at radius 3 is 2.67 bits per heavy atom. The van der Waals surface area contributed by atoms with Crippen molar-refractivity contribution in [3.8, 4) is 0 Å². The molecule has 24 heavy (non-hydrogen) atoms. The molecule has 0 amide bonds. The van der Waals surface area contributed by atoms with E-state index in [2.05, 4.69) is 27.4 Å². The third-order valence-electron chi connectivity index (χ3n) is 4.04. The smallest absolute Gasteiger partial charge is 0.328 e.